The first-order valence-corrected chi connectivity index (χ1v) is 6.79. The molecule has 1 saturated carbocycles. The third-order valence-corrected chi connectivity index (χ3v) is 3.71. The molecule has 20 heavy (non-hydrogen) atoms. The van der Waals surface area contributed by atoms with Gasteiger partial charge in [-0.1, -0.05) is 5.16 Å². The lowest BCUT2D eigenvalue weighted by Gasteiger charge is -2.03. The van der Waals surface area contributed by atoms with Crippen LogP contribution in [0.15, 0.2) is 35.0 Å². The SMILES string of the molecule is COc1ccc2c(ccn2Cc2nc(C3CC3)no2)c1. The van der Waals surface area contributed by atoms with Crippen molar-refractivity contribution in [1.82, 2.24) is 14.7 Å². The van der Waals surface area contributed by atoms with Gasteiger partial charge < -0.3 is 13.8 Å². The molecule has 1 aromatic carbocycles. The van der Waals surface area contributed by atoms with Gasteiger partial charge >= 0.3 is 0 Å². The van der Waals surface area contributed by atoms with Gasteiger partial charge in [0.05, 0.1) is 7.11 Å². The highest BCUT2D eigenvalue weighted by Crippen LogP contribution is 2.38. The van der Waals surface area contributed by atoms with Crippen LogP contribution < -0.4 is 4.74 Å². The zero-order valence-electron chi connectivity index (χ0n) is 11.2. The topological polar surface area (TPSA) is 53.1 Å². The maximum absolute atomic E-state index is 5.33. The Hall–Kier alpha value is -2.30. The average Bonchev–Trinajstić information content (AvgIpc) is 3.10. The molecule has 0 radical (unpaired) electrons. The van der Waals surface area contributed by atoms with Gasteiger partial charge in [0, 0.05) is 23.0 Å². The van der Waals surface area contributed by atoms with Gasteiger partial charge in [-0.3, -0.25) is 0 Å². The number of ether oxygens (including phenoxy) is 1. The van der Waals surface area contributed by atoms with E-state index in [-0.39, 0.29) is 0 Å². The summed E-state index contributed by atoms with van der Waals surface area (Å²) in [4.78, 5) is 4.46. The molecule has 0 spiro atoms. The molecule has 0 aliphatic heterocycles. The van der Waals surface area contributed by atoms with E-state index in [0.717, 1.165) is 22.5 Å². The second kappa shape index (κ2) is 4.37. The van der Waals surface area contributed by atoms with Crippen molar-refractivity contribution in [1.29, 1.82) is 0 Å². The predicted molar refractivity (Wildman–Crippen MR) is 73.9 cm³/mol. The van der Waals surface area contributed by atoms with E-state index >= 15 is 0 Å². The molecular formula is C15H15N3O2. The predicted octanol–water partition coefficient (Wildman–Crippen LogP) is 2.96. The Morgan fingerprint density at radius 2 is 2.25 bits per heavy atom. The third kappa shape index (κ3) is 1.95. The molecule has 0 saturated heterocycles. The van der Waals surface area contributed by atoms with Gasteiger partial charge in [-0.25, -0.2) is 0 Å². The Bertz CT molecular complexity index is 755. The molecule has 4 rings (SSSR count). The summed E-state index contributed by atoms with van der Waals surface area (Å²) in [6, 6.07) is 8.10. The van der Waals surface area contributed by atoms with E-state index in [1.165, 1.54) is 12.8 Å². The minimum atomic E-state index is 0.526. The molecule has 0 unspecified atom stereocenters. The highest BCUT2D eigenvalue weighted by atomic mass is 16.5. The summed E-state index contributed by atoms with van der Waals surface area (Å²) in [5.41, 5.74) is 1.14. The summed E-state index contributed by atoms with van der Waals surface area (Å²) in [6.07, 6.45) is 4.40. The number of fused-ring (bicyclic) bond motifs is 1. The summed E-state index contributed by atoms with van der Waals surface area (Å²) in [6.45, 7) is 0.607. The molecule has 0 atom stereocenters. The molecule has 1 fully saturated rings. The minimum absolute atomic E-state index is 0.526. The summed E-state index contributed by atoms with van der Waals surface area (Å²) >= 11 is 0. The number of hydrogen-bond donors (Lipinski definition) is 0. The van der Waals surface area contributed by atoms with E-state index in [0.29, 0.717) is 18.4 Å². The summed E-state index contributed by atoms with van der Waals surface area (Å²) in [5, 5.41) is 5.19. The van der Waals surface area contributed by atoms with Crippen LogP contribution in [0, 0.1) is 0 Å². The molecule has 5 nitrogen and oxygen atoms in total. The summed E-state index contributed by atoms with van der Waals surface area (Å²) in [7, 11) is 1.68. The largest absolute Gasteiger partial charge is 0.497 e. The zero-order chi connectivity index (χ0) is 13.5. The molecule has 2 aromatic heterocycles. The van der Waals surface area contributed by atoms with Gasteiger partial charge in [0.15, 0.2) is 5.82 Å². The van der Waals surface area contributed by atoms with E-state index in [2.05, 4.69) is 20.8 Å². The quantitative estimate of drug-likeness (QED) is 0.730. The first-order valence-electron chi connectivity index (χ1n) is 6.79. The Morgan fingerprint density at radius 3 is 3.05 bits per heavy atom. The number of nitrogens with zero attached hydrogens (tertiary/aromatic N) is 3. The molecule has 0 bridgehead atoms. The lowest BCUT2D eigenvalue weighted by molar-refractivity contribution is 0.367. The van der Waals surface area contributed by atoms with Gasteiger partial charge in [-0.2, -0.15) is 4.98 Å². The number of rotatable bonds is 4. The maximum atomic E-state index is 5.33. The van der Waals surface area contributed by atoms with E-state index in [1.54, 1.807) is 7.11 Å². The average molecular weight is 269 g/mol. The zero-order valence-corrected chi connectivity index (χ0v) is 11.2. The van der Waals surface area contributed by atoms with Crippen LogP contribution in [0.1, 0.15) is 30.5 Å². The van der Waals surface area contributed by atoms with Crippen LogP contribution in [0.25, 0.3) is 10.9 Å². The van der Waals surface area contributed by atoms with Crippen molar-refractivity contribution in [2.75, 3.05) is 7.11 Å². The molecule has 0 N–H and O–H groups in total. The number of hydrogen-bond acceptors (Lipinski definition) is 4. The fourth-order valence-corrected chi connectivity index (χ4v) is 2.43. The van der Waals surface area contributed by atoms with Gasteiger partial charge in [0.2, 0.25) is 5.89 Å². The van der Waals surface area contributed by atoms with E-state index < -0.39 is 0 Å². The smallest absolute Gasteiger partial charge is 0.246 e. The van der Waals surface area contributed by atoms with Gasteiger partial charge in [-0.05, 0) is 37.1 Å². The Balaban J connectivity index is 1.63. The molecule has 1 aliphatic carbocycles. The number of aromatic nitrogens is 3. The Kier molecular flexibility index (Phi) is 2.52. The fraction of sp³-hybridized carbons (Fsp3) is 0.333. The number of benzene rings is 1. The van der Waals surface area contributed by atoms with Crippen molar-refractivity contribution < 1.29 is 9.26 Å². The summed E-state index contributed by atoms with van der Waals surface area (Å²) < 4.78 is 12.7. The van der Waals surface area contributed by atoms with Crippen molar-refractivity contribution in [3.05, 3.63) is 42.2 Å². The lowest BCUT2D eigenvalue weighted by atomic mass is 10.2. The van der Waals surface area contributed by atoms with E-state index in [9.17, 15) is 0 Å². The first kappa shape index (κ1) is 11.5. The van der Waals surface area contributed by atoms with Gasteiger partial charge in [-0.15, -0.1) is 0 Å². The second-order valence-corrected chi connectivity index (χ2v) is 5.19. The highest BCUT2D eigenvalue weighted by Gasteiger charge is 2.28. The van der Waals surface area contributed by atoms with Crippen molar-refractivity contribution in [3.8, 4) is 5.75 Å². The molecular weight excluding hydrogens is 254 g/mol. The van der Waals surface area contributed by atoms with E-state index in [4.69, 9.17) is 9.26 Å². The Labute approximate surface area is 116 Å². The van der Waals surface area contributed by atoms with Crippen LogP contribution in [0.4, 0.5) is 0 Å². The van der Waals surface area contributed by atoms with Crippen LogP contribution in [0.2, 0.25) is 0 Å². The lowest BCUT2D eigenvalue weighted by Crippen LogP contribution is -1.98. The van der Waals surface area contributed by atoms with Crippen LogP contribution >= 0.6 is 0 Å². The van der Waals surface area contributed by atoms with Crippen molar-refractivity contribution in [3.63, 3.8) is 0 Å². The first-order chi connectivity index (χ1) is 9.83. The van der Waals surface area contributed by atoms with Crippen LogP contribution in [-0.4, -0.2) is 21.8 Å². The Morgan fingerprint density at radius 1 is 1.35 bits per heavy atom. The van der Waals surface area contributed by atoms with Crippen molar-refractivity contribution in [2.45, 2.75) is 25.3 Å². The van der Waals surface area contributed by atoms with Crippen LogP contribution in [-0.2, 0) is 6.54 Å². The monoisotopic (exact) mass is 269 g/mol. The van der Waals surface area contributed by atoms with E-state index in [1.807, 2.05) is 24.4 Å². The van der Waals surface area contributed by atoms with Gasteiger partial charge in [0.25, 0.3) is 0 Å². The minimum Gasteiger partial charge on any atom is -0.497 e. The normalized spacial score (nSPS) is 14.8. The maximum Gasteiger partial charge on any atom is 0.246 e. The summed E-state index contributed by atoms with van der Waals surface area (Å²) in [5.74, 6) is 2.92. The standard InChI is InChI=1S/C15H15N3O2/c1-19-12-4-5-13-11(8-12)6-7-18(13)9-14-16-15(17-20-14)10-2-3-10/h4-8,10H,2-3,9H2,1H3. The molecule has 5 heteroatoms. The molecule has 1 aliphatic rings. The molecule has 2 heterocycles. The van der Waals surface area contributed by atoms with Crippen LogP contribution in [0.5, 0.6) is 5.75 Å². The fourth-order valence-electron chi connectivity index (χ4n) is 2.43. The van der Waals surface area contributed by atoms with Crippen molar-refractivity contribution >= 4 is 10.9 Å². The van der Waals surface area contributed by atoms with Crippen LogP contribution in [0.3, 0.4) is 0 Å². The molecule has 102 valence electrons. The second-order valence-electron chi connectivity index (χ2n) is 5.19. The highest BCUT2D eigenvalue weighted by molar-refractivity contribution is 5.81. The molecule has 0 amide bonds. The van der Waals surface area contributed by atoms with Crippen molar-refractivity contribution in [2.24, 2.45) is 0 Å². The number of methoxy groups -OCH3 is 1. The molecule has 3 aromatic rings. The van der Waals surface area contributed by atoms with Gasteiger partial charge in [0.1, 0.15) is 12.3 Å². The third-order valence-electron chi connectivity index (χ3n) is 3.71.